The number of carbonyl (C=O) groups is 1. The summed E-state index contributed by atoms with van der Waals surface area (Å²) in [6, 6.07) is 16.9. The van der Waals surface area contributed by atoms with E-state index < -0.39 is 0 Å². The molecule has 118 valence electrons. The van der Waals surface area contributed by atoms with E-state index in [2.05, 4.69) is 60.9 Å². The van der Waals surface area contributed by atoms with Gasteiger partial charge in [-0.3, -0.25) is 4.79 Å². The maximum Gasteiger partial charge on any atom is 0.256 e. The van der Waals surface area contributed by atoms with Crippen LogP contribution < -0.4 is 4.90 Å². The normalized spacial score (nSPS) is 22.7. The monoisotopic (exact) mass is 306 g/mol. The largest absolute Gasteiger partial charge is 0.345 e. The van der Waals surface area contributed by atoms with Crippen molar-refractivity contribution in [3.8, 4) is 0 Å². The lowest BCUT2D eigenvalue weighted by Crippen LogP contribution is -2.37. The van der Waals surface area contributed by atoms with Gasteiger partial charge in [0.2, 0.25) is 0 Å². The van der Waals surface area contributed by atoms with Gasteiger partial charge in [-0.15, -0.1) is 0 Å². The smallest absolute Gasteiger partial charge is 0.256 e. The summed E-state index contributed by atoms with van der Waals surface area (Å²) in [5.74, 6) is 0.616. The van der Waals surface area contributed by atoms with Gasteiger partial charge in [-0.25, -0.2) is 0 Å². The number of hydrogen-bond donors (Lipinski definition) is 0. The zero-order valence-corrected chi connectivity index (χ0v) is 13.9. The van der Waals surface area contributed by atoms with E-state index >= 15 is 0 Å². The number of benzene rings is 2. The Labute approximate surface area is 137 Å². The molecule has 0 N–H and O–H groups in total. The summed E-state index contributed by atoms with van der Waals surface area (Å²) < 4.78 is 0. The van der Waals surface area contributed by atoms with Crippen LogP contribution in [0.25, 0.3) is 0 Å². The Bertz CT molecular complexity index is 750. The van der Waals surface area contributed by atoms with E-state index in [4.69, 9.17) is 0 Å². The van der Waals surface area contributed by atoms with Gasteiger partial charge in [0.15, 0.2) is 0 Å². The fourth-order valence-electron chi connectivity index (χ4n) is 3.87. The van der Waals surface area contributed by atoms with Crippen LogP contribution in [0.15, 0.2) is 48.5 Å². The minimum Gasteiger partial charge on any atom is -0.345 e. The fraction of sp³-hybridized carbons (Fsp3) is 0.350. The second-order valence-corrected chi connectivity index (χ2v) is 6.97. The van der Waals surface area contributed by atoms with Crippen LogP contribution in [-0.2, 0) is 0 Å². The molecule has 1 fully saturated rings. The van der Waals surface area contributed by atoms with Crippen molar-refractivity contribution in [1.82, 2.24) is 4.90 Å². The van der Waals surface area contributed by atoms with Gasteiger partial charge in [-0.05, 0) is 31.0 Å². The summed E-state index contributed by atoms with van der Waals surface area (Å²) in [6.45, 7) is 7.41. The lowest BCUT2D eigenvalue weighted by molar-refractivity contribution is 0.0678. The number of aryl methyl sites for hydroxylation is 1. The molecule has 0 radical (unpaired) electrons. The number of rotatable bonds is 2. The SMILES string of the molecule is Cc1ccc(N2C[C@H](C(C)C)N3C(=O)c4ccccc4[C@@H]23)cc1. The van der Waals surface area contributed by atoms with Crippen molar-refractivity contribution in [2.45, 2.75) is 33.0 Å². The highest BCUT2D eigenvalue weighted by molar-refractivity contribution is 6.00. The molecule has 0 saturated carbocycles. The van der Waals surface area contributed by atoms with Crippen LogP contribution in [0.4, 0.5) is 5.69 Å². The summed E-state index contributed by atoms with van der Waals surface area (Å²) in [4.78, 5) is 17.4. The predicted molar refractivity (Wildman–Crippen MR) is 92.5 cm³/mol. The second kappa shape index (κ2) is 5.12. The minimum absolute atomic E-state index is 0.0359. The molecule has 4 rings (SSSR count). The highest BCUT2D eigenvalue weighted by Crippen LogP contribution is 2.45. The third-order valence-corrected chi connectivity index (χ3v) is 5.14. The maximum absolute atomic E-state index is 12.9. The quantitative estimate of drug-likeness (QED) is 0.837. The van der Waals surface area contributed by atoms with E-state index in [-0.39, 0.29) is 18.1 Å². The minimum atomic E-state index is 0.0359. The Kier molecular flexibility index (Phi) is 3.19. The maximum atomic E-state index is 12.9. The molecular weight excluding hydrogens is 284 g/mol. The standard InChI is InChI=1S/C20H22N2O/c1-13(2)18-12-21(15-10-8-14(3)9-11-15)19-16-6-4-5-7-17(16)20(23)22(18)19/h4-11,13,18-19H,12H2,1-3H3/t18-,19+/m1/s1. The zero-order chi connectivity index (χ0) is 16.1. The lowest BCUT2D eigenvalue weighted by atomic mass is 10.0. The van der Waals surface area contributed by atoms with Crippen LogP contribution in [0.2, 0.25) is 0 Å². The molecule has 2 heterocycles. The van der Waals surface area contributed by atoms with Gasteiger partial charge in [-0.2, -0.15) is 0 Å². The van der Waals surface area contributed by atoms with Crippen LogP contribution in [0.5, 0.6) is 0 Å². The van der Waals surface area contributed by atoms with E-state index in [1.807, 2.05) is 18.2 Å². The molecule has 0 aromatic heterocycles. The van der Waals surface area contributed by atoms with Gasteiger partial charge in [0.1, 0.15) is 6.17 Å². The van der Waals surface area contributed by atoms with Crippen molar-refractivity contribution < 1.29 is 4.79 Å². The van der Waals surface area contributed by atoms with Crippen molar-refractivity contribution in [3.63, 3.8) is 0 Å². The van der Waals surface area contributed by atoms with Gasteiger partial charge in [-0.1, -0.05) is 49.7 Å². The average molecular weight is 306 g/mol. The van der Waals surface area contributed by atoms with Crippen molar-refractivity contribution >= 4 is 11.6 Å². The van der Waals surface area contributed by atoms with Crippen LogP contribution >= 0.6 is 0 Å². The van der Waals surface area contributed by atoms with Gasteiger partial charge < -0.3 is 9.80 Å². The Morgan fingerprint density at radius 3 is 2.43 bits per heavy atom. The van der Waals surface area contributed by atoms with E-state index in [0.717, 1.165) is 17.7 Å². The van der Waals surface area contributed by atoms with E-state index in [1.165, 1.54) is 11.3 Å². The van der Waals surface area contributed by atoms with Crippen molar-refractivity contribution in [1.29, 1.82) is 0 Å². The fourth-order valence-corrected chi connectivity index (χ4v) is 3.87. The Morgan fingerprint density at radius 1 is 1.04 bits per heavy atom. The van der Waals surface area contributed by atoms with Crippen molar-refractivity contribution in [2.24, 2.45) is 5.92 Å². The van der Waals surface area contributed by atoms with Crippen molar-refractivity contribution in [3.05, 3.63) is 65.2 Å². The van der Waals surface area contributed by atoms with Crippen LogP contribution in [0.1, 0.15) is 41.5 Å². The summed E-state index contributed by atoms with van der Waals surface area (Å²) >= 11 is 0. The number of fused-ring (bicyclic) bond motifs is 3. The molecule has 1 amide bonds. The van der Waals surface area contributed by atoms with Crippen LogP contribution in [0, 0.1) is 12.8 Å². The summed E-state index contributed by atoms with van der Waals surface area (Å²) in [6.07, 6.45) is 0.0359. The third-order valence-electron chi connectivity index (χ3n) is 5.14. The van der Waals surface area contributed by atoms with Gasteiger partial charge in [0.25, 0.3) is 5.91 Å². The number of amides is 1. The first-order chi connectivity index (χ1) is 11.1. The Morgan fingerprint density at radius 2 is 1.74 bits per heavy atom. The molecule has 0 spiro atoms. The number of hydrogen-bond acceptors (Lipinski definition) is 2. The summed E-state index contributed by atoms with van der Waals surface area (Å²) in [7, 11) is 0. The molecule has 0 bridgehead atoms. The van der Waals surface area contributed by atoms with Gasteiger partial charge in [0.05, 0.1) is 6.04 Å². The van der Waals surface area contributed by atoms with Crippen molar-refractivity contribution in [2.75, 3.05) is 11.4 Å². The highest BCUT2D eigenvalue weighted by Gasteiger charge is 2.50. The van der Waals surface area contributed by atoms with Gasteiger partial charge >= 0.3 is 0 Å². The molecule has 1 saturated heterocycles. The molecule has 3 nitrogen and oxygen atoms in total. The first-order valence-corrected chi connectivity index (χ1v) is 8.33. The predicted octanol–water partition coefficient (Wildman–Crippen LogP) is 3.99. The highest BCUT2D eigenvalue weighted by atomic mass is 16.2. The molecule has 2 aromatic rings. The number of carbonyl (C=O) groups excluding carboxylic acids is 1. The van der Waals surface area contributed by atoms with E-state index in [0.29, 0.717) is 5.92 Å². The average Bonchev–Trinajstić information content (AvgIpc) is 3.07. The van der Waals surface area contributed by atoms with Crippen LogP contribution in [-0.4, -0.2) is 23.4 Å². The summed E-state index contributed by atoms with van der Waals surface area (Å²) in [5, 5.41) is 0. The van der Waals surface area contributed by atoms with E-state index in [9.17, 15) is 4.79 Å². The molecular formula is C20H22N2O. The number of nitrogens with zero attached hydrogens (tertiary/aromatic N) is 2. The zero-order valence-electron chi connectivity index (χ0n) is 13.9. The molecule has 2 aliphatic heterocycles. The first kappa shape index (κ1) is 14.3. The molecule has 2 atom stereocenters. The molecule has 2 aromatic carbocycles. The third kappa shape index (κ3) is 2.07. The lowest BCUT2D eigenvalue weighted by Gasteiger charge is -2.28. The molecule has 0 aliphatic carbocycles. The Balaban J connectivity index is 1.82. The van der Waals surface area contributed by atoms with Crippen LogP contribution in [0.3, 0.4) is 0 Å². The topological polar surface area (TPSA) is 23.6 Å². The molecule has 23 heavy (non-hydrogen) atoms. The summed E-state index contributed by atoms with van der Waals surface area (Å²) in [5.41, 5.74) is 4.45. The molecule has 0 unspecified atom stereocenters. The first-order valence-electron chi connectivity index (χ1n) is 8.33. The van der Waals surface area contributed by atoms with E-state index in [1.54, 1.807) is 0 Å². The van der Waals surface area contributed by atoms with Gasteiger partial charge in [0, 0.05) is 23.4 Å². The molecule has 2 aliphatic rings. The molecule has 3 heteroatoms. The Hall–Kier alpha value is -2.29. The number of anilines is 1. The second-order valence-electron chi connectivity index (χ2n) is 6.97.